The van der Waals surface area contributed by atoms with E-state index in [0.29, 0.717) is 25.6 Å². The standard InChI is InChI=1S/C18H24N6O/c1-13-3-2-6-19-16(13)12-20-18(25)24-9-7-23(8-10-24)17-11-15(21-22-17)14-4-5-14/h2-3,6,11,14H,4-5,7-10,12H2,1H3,(H,20,25)(H,21,22). The molecule has 0 aromatic carbocycles. The predicted molar refractivity (Wildman–Crippen MR) is 95.6 cm³/mol. The summed E-state index contributed by atoms with van der Waals surface area (Å²) >= 11 is 0. The molecule has 1 aliphatic carbocycles. The molecule has 0 radical (unpaired) electrons. The second-order valence-corrected chi connectivity index (χ2v) is 6.86. The van der Waals surface area contributed by atoms with Gasteiger partial charge in [0.15, 0.2) is 5.82 Å². The lowest BCUT2D eigenvalue weighted by atomic mass is 10.2. The third-order valence-electron chi connectivity index (χ3n) is 5.02. The molecule has 25 heavy (non-hydrogen) atoms. The molecule has 7 nitrogen and oxygen atoms in total. The third-order valence-corrected chi connectivity index (χ3v) is 5.02. The summed E-state index contributed by atoms with van der Waals surface area (Å²) in [5, 5.41) is 10.6. The van der Waals surface area contributed by atoms with Crippen LogP contribution in [0.2, 0.25) is 0 Å². The van der Waals surface area contributed by atoms with Crippen molar-refractivity contribution in [2.75, 3.05) is 31.1 Å². The van der Waals surface area contributed by atoms with E-state index in [-0.39, 0.29) is 6.03 Å². The molecule has 3 heterocycles. The zero-order valence-corrected chi connectivity index (χ0v) is 14.5. The Hall–Kier alpha value is -2.57. The van der Waals surface area contributed by atoms with E-state index in [1.165, 1.54) is 18.5 Å². The van der Waals surface area contributed by atoms with Crippen molar-refractivity contribution in [2.24, 2.45) is 0 Å². The lowest BCUT2D eigenvalue weighted by molar-refractivity contribution is 0.193. The number of aromatic amines is 1. The summed E-state index contributed by atoms with van der Waals surface area (Å²) in [5.74, 6) is 1.69. The molecule has 4 rings (SSSR count). The van der Waals surface area contributed by atoms with Crippen LogP contribution in [0.4, 0.5) is 10.6 Å². The molecule has 2 aliphatic rings. The number of nitrogens with one attached hydrogen (secondary N) is 2. The Kier molecular flexibility index (Phi) is 4.29. The molecule has 2 N–H and O–H groups in total. The molecule has 0 unspecified atom stereocenters. The number of urea groups is 1. The quantitative estimate of drug-likeness (QED) is 0.893. The van der Waals surface area contributed by atoms with E-state index in [1.807, 2.05) is 24.0 Å². The van der Waals surface area contributed by atoms with Crippen molar-refractivity contribution in [3.05, 3.63) is 41.3 Å². The molecule has 0 atom stereocenters. The number of H-pyrrole nitrogens is 1. The molecule has 0 bridgehead atoms. The molecule has 1 saturated carbocycles. The molecule has 7 heteroatoms. The van der Waals surface area contributed by atoms with Gasteiger partial charge in [0.1, 0.15) is 0 Å². The van der Waals surface area contributed by atoms with Crippen LogP contribution in [0.5, 0.6) is 0 Å². The molecule has 2 aromatic rings. The number of nitrogens with zero attached hydrogens (tertiary/aromatic N) is 4. The highest BCUT2D eigenvalue weighted by molar-refractivity contribution is 5.74. The third kappa shape index (κ3) is 3.60. The van der Waals surface area contributed by atoms with Gasteiger partial charge in [0.05, 0.1) is 12.2 Å². The van der Waals surface area contributed by atoms with Crippen LogP contribution in [0.25, 0.3) is 0 Å². The van der Waals surface area contributed by atoms with E-state index in [0.717, 1.165) is 30.2 Å². The highest BCUT2D eigenvalue weighted by atomic mass is 16.2. The van der Waals surface area contributed by atoms with Gasteiger partial charge in [0, 0.05) is 50.1 Å². The fraction of sp³-hybridized carbons (Fsp3) is 0.500. The van der Waals surface area contributed by atoms with Gasteiger partial charge in [-0.1, -0.05) is 6.07 Å². The van der Waals surface area contributed by atoms with Crippen LogP contribution in [0.15, 0.2) is 24.4 Å². The minimum atomic E-state index is -0.0228. The summed E-state index contributed by atoms with van der Waals surface area (Å²) in [6.07, 6.45) is 4.30. The van der Waals surface area contributed by atoms with Crippen molar-refractivity contribution >= 4 is 11.8 Å². The zero-order valence-electron chi connectivity index (χ0n) is 14.5. The van der Waals surface area contributed by atoms with E-state index >= 15 is 0 Å². The number of aryl methyl sites for hydroxylation is 1. The van der Waals surface area contributed by atoms with Crippen molar-refractivity contribution in [3.63, 3.8) is 0 Å². The minimum absolute atomic E-state index is 0.0228. The Morgan fingerprint density at radius 1 is 1.32 bits per heavy atom. The van der Waals surface area contributed by atoms with Gasteiger partial charge in [0.2, 0.25) is 0 Å². The summed E-state index contributed by atoms with van der Waals surface area (Å²) in [6.45, 7) is 5.51. The SMILES string of the molecule is Cc1cccnc1CNC(=O)N1CCN(c2cc(C3CC3)[nH]n2)CC1. The number of hydrogen-bond acceptors (Lipinski definition) is 4. The number of rotatable bonds is 4. The Bertz CT molecular complexity index is 746. The number of carbonyl (C=O) groups excluding carboxylic acids is 1. The maximum Gasteiger partial charge on any atom is 0.317 e. The van der Waals surface area contributed by atoms with Gasteiger partial charge in [-0.2, -0.15) is 5.10 Å². The number of hydrogen-bond donors (Lipinski definition) is 2. The highest BCUT2D eigenvalue weighted by Gasteiger charge is 2.27. The second-order valence-electron chi connectivity index (χ2n) is 6.86. The summed E-state index contributed by atoms with van der Waals surface area (Å²) in [5.41, 5.74) is 3.26. The van der Waals surface area contributed by atoms with E-state index < -0.39 is 0 Å². The van der Waals surface area contributed by atoms with E-state index in [9.17, 15) is 4.79 Å². The van der Waals surface area contributed by atoms with Crippen molar-refractivity contribution in [3.8, 4) is 0 Å². The van der Waals surface area contributed by atoms with E-state index in [1.54, 1.807) is 6.20 Å². The average molecular weight is 340 g/mol. The van der Waals surface area contributed by atoms with Crippen LogP contribution in [0.1, 0.15) is 35.7 Å². The second kappa shape index (κ2) is 6.74. The topological polar surface area (TPSA) is 77.2 Å². The van der Waals surface area contributed by atoms with Gasteiger partial charge in [-0.05, 0) is 31.4 Å². The number of piperazine rings is 1. The van der Waals surface area contributed by atoms with Gasteiger partial charge in [-0.3, -0.25) is 10.1 Å². The molecule has 1 saturated heterocycles. The fourth-order valence-electron chi connectivity index (χ4n) is 3.20. The lowest BCUT2D eigenvalue weighted by Crippen LogP contribution is -2.51. The van der Waals surface area contributed by atoms with Crippen LogP contribution in [-0.4, -0.2) is 52.3 Å². The number of amides is 2. The highest BCUT2D eigenvalue weighted by Crippen LogP contribution is 2.39. The Morgan fingerprint density at radius 2 is 2.12 bits per heavy atom. The molecule has 2 fully saturated rings. The Labute approximate surface area is 147 Å². The number of aromatic nitrogens is 3. The molecule has 0 spiro atoms. The summed E-state index contributed by atoms with van der Waals surface area (Å²) in [6, 6.07) is 6.05. The molecular formula is C18H24N6O. The first kappa shape index (κ1) is 15.9. The molecular weight excluding hydrogens is 316 g/mol. The van der Waals surface area contributed by atoms with Gasteiger partial charge >= 0.3 is 6.03 Å². The summed E-state index contributed by atoms with van der Waals surface area (Å²) in [7, 11) is 0. The van der Waals surface area contributed by atoms with E-state index in [4.69, 9.17) is 0 Å². The maximum absolute atomic E-state index is 12.4. The van der Waals surface area contributed by atoms with Crippen LogP contribution < -0.4 is 10.2 Å². The number of anilines is 1. The van der Waals surface area contributed by atoms with Crippen LogP contribution >= 0.6 is 0 Å². The van der Waals surface area contributed by atoms with Crippen molar-refractivity contribution < 1.29 is 4.79 Å². The zero-order chi connectivity index (χ0) is 17.2. The number of carbonyl (C=O) groups is 1. The largest absolute Gasteiger partial charge is 0.352 e. The molecule has 2 aromatic heterocycles. The van der Waals surface area contributed by atoms with Crippen LogP contribution in [0, 0.1) is 6.92 Å². The van der Waals surface area contributed by atoms with E-state index in [2.05, 4.69) is 31.5 Å². The molecule has 2 amide bonds. The lowest BCUT2D eigenvalue weighted by Gasteiger charge is -2.34. The normalized spacial score (nSPS) is 17.6. The maximum atomic E-state index is 12.4. The smallest absolute Gasteiger partial charge is 0.317 e. The first-order valence-electron chi connectivity index (χ1n) is 8.94. The summed E-state index contributed by atoms with van der Waals surface area (Å²) in [4.78, 5) is 20.8. The van der Waals surface area contributed by atoms with Crippen LogP contribution in [0.3, 0.4) is 0 Å². The van der Waals surface area contributed by atoms with Crippen molar-refractivity contribution in [2.45, 2.75) is 32.2 Å². The number of pyridine rings is 1. The summed E-state index contributed by atoms with van der Waals surface area (Å²) < 4.78 is 0. The first-order chi connectivity index (χ1) is 12.2. The van der Waals surface area contributed by atoms with Gasteiger partial charge < -0.3 is 15.1 Å². The first-order valence-corrected chi connectivity index (χ1v) is 8.94. The Morgan fingerprint density at radius 3 is 2.84 bits per heavy atom. The average Bonchev–Trinajstić information content (AvgIpc) is 3.38. The predicted octanol–water partition coefficient (Wildman–Crippen LogP) is 2.02. The monoisotopic (exact) mass is 340 g/mol. The van der Waals surface area contributed by atoms with Crippen molar-refractivity contribution in [1.29, 1.82) is 0 Å². The Balaban J connectivity index is 1.27. The van der Waals surface area contributed by atoms with Crippen molar-refractivity contribution in [1.82, 2.24) is 25.4 Å². The molecule has 1 aliphatic heterocycles. The van der Waals surface area contributed by atoms with Crippen LogP contribution in [-0.2, 0) is 6.54 Å². The fourth-order valence-corrected chi connectivity index (χ4v) is 3.20. The van der Waals surface area contributed by atoms with Gasteiger partial charge in [-0.15, -0.1) is 0 Å². The molecule has 132 valence electrons. The van der Waals surface area contributed by atoms with Gasteiger partial charge in [-0.25, -0.2) is 4.79 Å². The van der Waals surface area contributed by atoms with Gasteiger partial charge in [0.25, 0.3) is 0 Å². The minimum Gasteiger partial charge on any atom is -0.352 e.